The van der Waals surface area contributed by atoms with E-state index in [2.05, 4.69) is 153 Å². The fourth-order valence-electron chi connectivity index (χ4n) is 26.4. The number of allylic oxidation sites excluding steroid dienone is 9. The molecule has 12 rings (SSSR count). The fraction of sp³-hybridized carbons (Fsp3) is 0.857. The first-order chi connectivity index (χ1) is 55.0. The second-order valence-electron chi connectivity index (χ2n) is 41.3. The maximum atomic E-state index is 3.96. The first-order valence-electron chi connectivity index (χ1n) is 51.6. The monoisotopic (exact) mass is 1560 g/mol. The van der Waals surface area contributed by atoms with Crippen LogP contribution in [0.15, 0.2) is 74.4 Å². The van der Waals surface area contributed by atoms with E-state index in [0.29, 0.717) is 5.92 Å². The zero-order chi connectivity index (χ0) is 79.6. The van der Waals surface area contributed by atoms with E-state index in [-0.39, 0.29) is 17.1 Å². The molecule has 0 aromatic rings. The van der Waals surface area contributed by atoms with Crippen LogP contribution in [0.5, 0.6) is 0 Å². The van der Waals surface area contributed by atoms with E-state index < -0.39 is 0 Å². The molecule has 0 nitrogen and oxygen atoms in total. The molecule has 0 amide bonds. The molecule has 0 aromatic carbocycles. The number of hydrogen-bond donors (Lipinski definition) is 0. The maximum absolute atomic E-state index is 3.96. The number of hydrogen-bond acceptors (Lipinski definition) is 0. The maximum Gasteiger partial charge on any atom is 0.0213 e. The Hall–Kier alpha value is -2.44. The van der Waals surface area contributed by atoms with Gasteiger partial charge in [0.05, 0.1) is 0 Å². The first kappa shape index (κ1) is 96.7. The van der Waals surface area contributed by atoms with Gasteiger partial charge < -0.3 is 0 Å². The number of unbranched alkanes of at least 4 members (excludes halogenated alkanes) is 1. The minimum Gasteiger partial charge on any atom is -0.103 e. The Bertz CT molecular complexity index is 2560. The van der Waals surface area contributed by atoms with Crippen molar-refractivity contribution < 1.29 is 17.1 Å². The second-order valence-corrected chi connectivity index (χ2v) is 41.3. The lowest BCUT2D eigenvalue weighted by atomic mass is 9.68. The SMILES string of the molecule is C/C=C/C1CCC(C2CCC(CCC)CC2)CC1.C/C=C/CCC1CCC(C2CCC(CCC)CC2)CC1.C/C=C\CC1CCC(C2CCC(CCC)CC2)CC1.C=CC1CCC(C2CCC(C#CC#CC)CC2)CC1.C=CC1CCC(C2CCC(CCCC)CC2)CC1.C=CCC1CCC(C2CCC(CCC)CC2)CC1.[HH].[HH].[HH].[HH].[HH].[HH].[HH].[HH].[HH].[HH].[HH].[HH]. The molecule has 112 heavy (non-hydrogen) atoms. The van der Waals surface area contributed by atoms with Crippen molar-refractivity contribution in [3.05, 3.63) is 74.4 Å². The minimum atomic E-state index is 0. The Labute approximate surface area is 720 Å². The van der Waals surface area contributed by atoms with Gasteiger partial charge in [0.2, 0.25) is 0 Å². The molecule has 0 atom stereocenters. The highest BCUT2D eigenvalue weighted by atomic mass is 14.4. The van der Waals surface area contributed by atoms with E-state index in [9.17, 15) is 0 Å². The summed E-state index contributed by atoms with van der Waals surface area (Å²) in [6.07, 6.45) is 113. The molecule has 0 unspecified atom stereocenters. The highest BCUT2D eigenvalue weighted by molar-refractivity contribution is 5.26. The molecule has 0 aliphatic heterocycles. The molecule has 0 radical (unpaired) electrons. The van der Waals surface area contributed by atoms with Crippen LogP contribution in [-0.4, -0.2) is 0 Å². The van der Waals surface area contributed by atoms with Crippen molar-refractivity contribution in [1.29, 1.82) is 0 Å². The molecule has 664 valence electrons. The van der Waals surface area contributed by atoms with Crippen LogP contribution in [0.3, 0.4) is 0 Å². The lowest BCUT2D eigenvalue weighted by molar-refractivity contribution is 0.141. The topological polar surface area (TPSA) is 0 Å². The Morgan fingerprint density at radius 2 is 0.536 bits per heavy atom. The molecule has 12 aliphatic carbocycles. The van der Waals surface area contributed by atoms with Gasteiger partial charge in [0.1, 0.15) is 0 Å². The zero-order valence-electron chi connectivity index (χ0n) is 76.7. The van der Waals surface area contributed by atoms with E-state index in [1.807, 2.05) is 6.92 Å². The van der Waals surface area contributed by atoms with Gasteiger partial charge in [0, 0.05) is 23.0 Å². The Morgan fingerprint density at radius 3 is 0.804 bits per heavy atom. The van der Waals surface area contributed by atoms with Crippen LogP contribution < -0.4 is 0 Å². The summed E-state index contributed by atoms with van der Waals surface area (Å²) in [5.41, 5.74) is 0. The third-order valence-corrected chi connectivity index (χ3v) is 33.9. The molecule has 0 bridgehead atoms. The second kappa shape index (κ2) is 59.3. The van der Waals surface area contributed by atoms with Gasteiger partial charge >= 0.3 is 0 Å². The van der Waals surface area contributed by atoms with Crippen molar-refractivity contribution in [2.45, 2.75) is 467 Å². The summed E-state index contributed by atoms with van der Waals surface area (Å²) in [5, 5.41) is 0. The number of rotatable bonds is 27. The Kier molecular flexibility index (Phi) is 51.2. The van der Waals surface area contributed by atoms with Crippen molar-refractivity contribution in [3.63, 3.8) is 0 Å². The molecule has 0 saturated heterocycles. The van der Waals surface area contributed by atoms with Gasteiger partial charge in [-0.25, -0.2) is 0 Å². The smallest absolute Gasteiger partial charge is 0.0213 e. The van der Waals surface area contributed by atoms with Crippen molar-refractivity contribution >= 4 is 0 Å². The Balaban J connectivity index is -0.000000331. The first-order valence-corrected chi connectivity index (χ1v) is 51.6. The highest BCUT2D eigenvalue weighted by Gasteiger charge is 2.37. The molecule has 0 N–H and O–H groups in total. The fourth-order valence-corrected chi connectivity index (χ4v) is 26.4. The average Bonchev–Trinajstić information content (AvgIpc) is 0.894. The lowest BCUT2D eigenvalue weighted by Crippen LogP contribution is -2.25. The molecular weight excluding hydrogens is 1350 g/mol. The highest BCUT2D eigenvalue weighted by Crippen LogP contribution is 2.49. The van der Waals surface area contributed by atoms with E-state index in [1.54, 1.807) is 77.0 Å². The van der Waals surface area contributed by atoms with Gasteiger partial charge in [-0.15, -0.1) is 19.7 Å². The van der Waals surface area contributed by atoms with Crippen molar-refractivity contribution in [3.8, 4) is 23.7 Å². The summed E-state index contributed by atoms with van der Waals surface area (Å²) < 4.78 is 0. The van der Waals surface area contributed by atoms with Crippen LogP contribution in [0.2, 0.25) is 0 Å². The minimum absolute atomic E-state index is 0. The van der Waals surface area contributed by atoms with Crippen molar-refractivity contribution in [2.75, 3.05) is 0 Å². The quantitative estimate of drug-likeness (QED) is 0.0568. The molecule has 12 saturated carbocycles. The van der Waals surface area contributed by atoms with Gasteiger partial charge in [-0.3, -0.25) is 0 Å². The van der Waals surface area contributed by atoms with E-state index in [0.717, 1.165) is 136 Å². The summed E-state index contributed by atoms with van der Waals surface area (Å²) >= 11 is 0. The van der Waals surface area contributed by atoms with Crippen LogP contribution in [0.1, 0.15) is 484 Å². The molecule has 12 aliphatic rings. The normalized spacial score (nSPS) is 36.5. The predicted molar refractivity (Wildman–Crippen MR) is 525 cm³/mol. The van der Waals surface area contributed by atoms with Crippen molar-refractivity contribution in [1.82, 2.24) is 0 Å². The third kappa shape index (κ3) is 37.1. The summed E-state index contributed by atoms with van der Waals surface area (Å²) in [5.74, 6) is 36.4. The Morgan fingerprint density at radius 1 is 0.268 bits per heavy atom. The zero-order valence-corrected chi connectivity index (χ0v) is 76.7. The predicted octanol–water partition coefficient (Wildman–Crippen LogP) is 38.8. The van der Waals surface area contributed by atoms with Gasteiger partial charge in [-0.05, 0) is 432 Å². The van der Waals surface area contributed by atoms with Crippen LogP contribution in [-0.2, 0) is 0 Å². The molecular formula is C112H216. The average molecular weight is 1560 g/mol. The van der Waals surface area contributed by atoms with E-state index in [4.69, 9.17) is 0 Å². The van der Waals surface area contributed by atoms with Gasteiger partial charge in [-0.1, -0.05) is 249 Å². The summed E-state index contributed by atoms with van der Waals surface area (Å²) in [6, 6.07) is 0. The summed E-state index contributed by atoms with van der Waals surface area (Å²) in [7, 11) is 0. The lowest BCUT2D eigenvalue weighted by Gasteiger charge is -2.38. The van der Waals surface area contributed by atoms with E-state index in [1.165, 1.54) is 327 Å². The molecule has 0 heterocycles. The van der Waals surface area contributed by atoms with Crippen molar-refractivity contribution in [2.24, 2.45) is 142 Å². The standard InChI is InChI=1S/C20H36.C19H26.C19H34.3C18H32.12H2/c1-3-5-6-8-18-11-15-20(16-12-18)19-13-9-17(7-4-2)10-14-19;1-3-5-6-7-17-10-14-19(15-11-17)18-12-8-16(4-2)9-13-18;1-3-5-7-17-10-14-19(15-11-17)18-12-8-16(6-4-2)9-13-18;1-3-5-6-16-9-13-18(14-10-16)17-11-7-15(4-2)8-12-17;2*1-3-5-15-7-11-17(12-8-15)18-13-9-16(6-4-2)10-14-18;;;;;;;;;;;;/h3,5,17-20H,4,6-16H2,1-2H3;4,16-19H,2,8-15H2,1H3;3,5,16-19H,4,6-15H2,1-2H3;4,15-18H,2-3,5-14H2,1H3;3,5,15-18H,4,6-14H2,1-2H3;3,15-18H,1,4-14H2,2H3;12*1H/b5-3+;;5-3-;;5-3+;;;;;;;;;;;;;. The van der Waals surface area contributed by atoms with Crippen LogP contribution in [0.4, 0.5) is 0 Å². The van der Waals surface area contributed by atoms with Crippen LogP contribution in [0, 0.1) is 166 Å². The molecule has 12 fully saturated rings. The van der Waals surface area contributed by atoms with Crippen LogP contribution in [0.25, 0.3) is 0 Å². The van der Waals surface area contributed by atoms with E-state index >= 15 is 0 Å². The summed E-state index contributed by atoms with van der Waals surface area (Å²) in [6.45, 7) is 31.8. The molecule has 0 spiro atoms. The molecule has 0 heteroatoms. The molecule has 0 aromatic heterocycles. The van der Waals surface area contributed by atoms with Crippen LogP contribution >= 0.6 is 0 Å². The van der Waals surface area contributed by atoms with Gasteiger partial charge in [0.25, 0.3) is 0 Å². The van der Waals surface area contributed by atoms with Gasteiger partial charge in [0.15, 0.2) is 0 Å². The van der Waals surface area contributed by atoms with Gasteiger partial charge in [-0.2, -0.15) is 0 Å². The summed E-state index contributed by atoms with van der Waals surface area (Å²) in [4.78, 5) is 0. The third-order valence-electron chi connectivity index (χ3n) is 33.9. The largest absolute Gasteiger partial charge is 0.103 e.